The van der Waals surface area contributed by atoms with Gasteiger partial charge in [-0.1, -0.05) is 120 Å². The van der Waals surface area contributed by atoms with Crippen LogP contribution in [0, 0.1) is 0 Å². The number of benzene rings is 4. The number of carboxylic acid groups (broad SMARTS) is 1. The average molecular weight is 687 g/mol. The van der Waals surface area contributed by atoms with Crippen molar-refractivity contribution < 1.29 is 29.3 Å². The Bertz CT molecular complexity index is 1630. The normalized spacial score (nSPS) is 18.4. The van der Waals surface area contributed by atoms with E-state index >= 15 is 0 Å². The van der Waals surface area contributed by atoms with Crippen LogP contribution >= 0.6 is 46.6 Å². The molecule has 4 aromatic carbocycles. The molecule has 1 saturated heterocycles. The average Bonchev–Trinajstić information content (AvgIpc) is 3.06. The highest BCUT2D eigenvalue weighted by atomic mass is 35.6. The zero-order valence-electron chi connectivity index (χ0n) is 23.9. The number of carbonyl (C=O) groups is 2. The highest BCUT2D eigenvalue weighted by molar-refractivity contribution is 7.99. The molecule has 0 unspecified atom stereocenters. The Labute approximate surface area is 280 Å². The quantitative estimate of drug-likeness (QED) is 0.115. The van der Waals surface area contributed by atoms with E-state index in [2.05, 4.69) is 5.32 Å². The predicted octanol–water partition coefficient (Wildman–Crippen LogP) is 7.87. The first-order chi connectivity index (χ1) is 21.6. The van der Waals surface area contributed by atoms with Gasteiger partial charge in [-0.2, -0.15) is 0 Å². The Morgan fingerprint density at radius 1 is 0.867 bits per heavy atom. The fourth-order valence-electron chi connectivity index (χ4n) is 5.03. The molecule has 45 heavy (non-hydrogen) atoms. The van der Waals surface area contributed by atoms with E-state index in [1.54, 1.807) is 18.2 Å². The van der Waals surface area contributed by atoms with E-state index in [4.69, 9.17) is 44.3 Å². The number of ether oxygens (including phenoxy) is 2. The van der Waals surface area contributed by atoms with Gasteiger partial charge in [-0.05, 0) is 39.9 Å². The van der Waals surface area contributed by atoms with E-state index in [9.17, 15) is 19.8 Å². The molecule has 0 aromatic heterocycles. The summed E-state index contributed by atoms with van der Waals surface area (Å²) in [5.74, 6) is -1.15. The first-order valence-corrected chi connectivity index (χ1v) is 16.2. The van der Waals surface area contributed by atoms with Crippen LogP contribution in [0.25, 0.3) is 11.1 Å². The maximum Gasteiger partial charge on any atom is 0.336 e. The molecule has 0 bridgehead atoms. The maximum absolute atomic E-state index is 12.1. The summed E-state index contributed by atoms with van der Waals surface area (Å²) in [7, 11) is 0. The summed E-state index contributed by atoms with van der Waals surface area (Å²) in [5, 5.41) is 21.8. The van der Waals surface area contributed by atoms with Gasteiger partial charge in [-0.15, -0.1) is 11.8 Å². The van der Waals surface area contributed by atoms with Crippen LogP contribution in [-0.4, -0.2) is 37.7 Å². The molecule has 0 radical (unpaired) electrons. The van der Waals surface area contributed by atoms with E-state index in [1.165, 1.54) is 11.8 Å². The second-order valence-electron chi connectivity index (χ2n) is 10.4. The smallest absolute Gasteiger partial charge is 0.336 e. The number of hydrogen-bond acceptors (Lipinski definition) is 6. The van der Waals surface area contributed by atoms with Crippen LogP contribution in [0.4, 0.5) is 0 Å². The van der Waals surface area contributed by atoms with Crippen molar-refractivity contribution in [3.8, 4) is 11.1 Å². The molecule has 3 N–H and O–H groups in total. The summed E-state index contributed by atoms with van der Waals surface area (Å²) >= 11 is 18.5. The standard InChI is InChI=1S/C34H30Cl3NO6S/c35-34(36,37)33(42)38-18-25-5-1-2-6-27(25)22-13-15-24(16-14-22)32-43-26(20-45-30-8-4-3-7-28(30)31(40)41)17-29(44-32)23-11-9-21(19-39)10-12-23/h1-16,26,29,32,39H,17-20H2,(H,38,42)(H,40,41)/t26-,29+,32+/m0/s1. The molecule has 4 aromatic rings. The number of halogens is 3. The molecular weight excluding hydrogens is 657 g/mol. The number of aliphatic hydroxyl groups is 1. The number of nitrogens with one attached hydrogen (secondary N) is 1. The summed E-state index contributed by atoms with van der Waals surface area (Å²) < 4.78 is 10.9. The fraction of sp³-hybridized carbons (Fsp3) is 0.235. The van der Waals surface area contributed by atoms with Crippen molar-refractivity contribution in [1.82, 2.24) is 5.32 Å². The number of rotatable bonds is 10. The SMILES string of the molecule is O=C(O)c1ccccc1SC[C@@H]1C[C@H](c2ccc(CO)cc2)O[C@H](c2ccc(-c3ccccc3CNC(=O)C(Cl)(Cl)Cl)cc2)O1. The largest absolute Gasteiger partial charge is 0.478 e. The number of carbonyl (C=O) groups excluding carboxylic acids is 1. The van der Waals surface area contributed by atoms with Gasteiger partial charge >= 0.3 is 5.97 Å². The molecule has 1 aliphatic heterocycles. The maximum atomic E-state index is 12.1. The first kappa shape index (κ1) is 33.3. The summed E-state index contributed by atoms with van der Waals surface area (Å²) in [6, 6.07) is 30.0. The van der Waals surface area contributed by atoms with E-state index in [0.717, 1.165) is 33.4 Å². The van der Waals surface area contributed by atoms with Gasteiger partial charge in [-0.3, -0.25) is 4.79 Å². The molecule has 3 atom stereocenters. The predicted molar refractivity (Wildman–Crippen MR) is 177 cm³/mol. The summed E-state index contributed by atoms with van der Waals surface area (Å²) in [6.07, 6.45) is -0.615. The van der Waals surface area contributed by atoms with Crippen LogP contribution in [0.1, 0.15) is 51.4 Å². The second-order valence-corrected chi connectivity index (χ2v) is 13.8. The fourth-order valence-corrected chi connectivity index (χ4v) is 6.29. The lowest BCUT2D eigenvalue weighted by molar-refractivity contribution is -0.245. The lowest BCUT2D eigenvalue weighted by Gasteiger charge is -2.36. The summed E-state index contributed by atoms with van der Waals surface area (Å²) in [5.41, 5.74) is 5.52. The van der Waals surface area contributed by atoms with E-state index in [0.29, 0.717) is 17.1 Å². The van der Waals surface area contributed by atoms with Gasteiger partial charge in [0.25, 0.3) is 9.70 Å². The Morgan fingerprint density at radius 2 is 1.53 bits per heavy atom. The van der Waals surface area contributed by atoms with Crippen molar-refractivity contribution in [1.29, 1.82) is 0 Å². The van der Waals surface area contributed by atoms with Crippen LogP contribution in [0.5, 0.6) is 0 Å². The molecule has 0 saturated carbocycles. The van der Waals surface area contributed by atoms with Crippen LogP contribution in [0.2, 0.25) is 0 Å². The van der Waals surface area contributed by atoms with Gasteiger partial charge in [-0.25, -0.2) is 4.79 Å². The number of amides is 1. The van der Waals surface area contributed by atoms with E-state index in [1.807, 2.05) is 78.9 Å². The van der Waals surface area contributed by atoms with E-state index in [-0.39, 0.29) is 30.9 Å². The van der Waals surface area contributed by atoms with Crippen molar-refractivity contribution in [2.45, 2.75) is 46.8 Å². The number of thioether (sulfide) groups is 1. The van der Waals surface area contributed by atoms with Crippen LogP contribution in [0.15, 0.2) is 102 Å². The molecule has 0 aliphatic carbocycles. The van der Waals surface area contributed by atoms with Crippen LogP contribution in [0.3, 0.4) is 0 Å². The van der Waals surface area contributed by atoms with Crippen LogP contribution in [-0.2, 0) is 27.4 Å². The number of aromatic carboxylic acids is 1. The van der Waals surface area contributed by atoms with E-state index < -0.39 is 22.0 Å². The Kier molecular flexibility index (Phi) is 11.1. The molecular formula is C34H30Cl3NO6S. The van der Waals surface area contributed by atoms with Crippen molar-refractivity contribution in [2.75, 3.05) is 5.75 Å². The van der Waals surface area contributed by atoms with Crippen molar-refractivity contribution in [3.63, 3.8) is 0 Å². The molecule has 5 rings (SSSR count). The van der Waals surface area contributed by atoms with Gasteiger partial charge in [0.1, 0.15) is 0 Å². The minimum Gasteiger partial charge on any atom is -0.478 e. The third-order valence-corrected chi connectivity index (χ3v) is 9.09. The summed E-state index contributed by atoms with van der Waals surface area (Å²) in [4.78, 5) is 24.5. The molecule has 7 nitrogen and oxygen atoms in total. The van der Waals surface area contributed by atoms with Crippen molar-refractivity contribution in [2.24, 2.45) is 0 Å². The molecule has 1 amide bonds. The highest BCUT2D eigenvalue weighted by Gasteiger charge is 2.33. The van der Waals surface area contributed by atoms with Gasteiger partial charge in [0.2, 0.25) is 0 Å². The number of alkyl halides is 3. The lowest BCUT2D eigenvalue weighted by Crippen LogP contribution is -2.34. The first-order valence-electron chi connectivity index (χ1n) is 14.1. The summed E-state index contributed by atoms with van der Waals surface area (Å²) in [6.45, 7) is 0.134. The molecule has 11 heteroatoms. The van der Waals surface area contributed by atoms with Gasteiger partial charge in [0, 0.05) is 29.2 Å². The van der Waals surface area contributed by atoms with Gasteiger partial charge in [0.05, 0.1) is 24.4 Å². The molecule has 1 fully saturated rings. The zero-order chi connectivity index (χ0) is 32.0. The zero-order valence-corrected chi connectivity index (χ0v) is 27.0. The molecule has 234 valence electrons. The lowest BCUT2D eigenvalue weighted by atomic mass is 9.98. The Morgan fingerprint density at radius 3 is 2.22 bits per heavy atom. The highest BCUT2D eigenvalue weighted by Crippen LogP contribution is 2.40. The van der Waals surface area contributed by atoms with Crippen molar-refractivity contribution in [3.05, 3.63) is 125 Å². The minimum absolute atomic E-state index is 0.0471. The number of aliphatic hydroxyl groups excluding tert-OH is 1. The molecule has 1 heterocycles. The van der Waals surface area contributed by atoms with Gasteiger partial charge < -0.3 is 25.0 Å². The number of carboxylic acids is 1. The Balaban J connectivity index is 1.36. The second kappa shape index (κ2) is 15.0. The molecule has 1 aliphatic rings. The topological polar surface area (TPSA) is 105 Å². The third kappa shape index (κ3) is 8.60. The number of hydrogen-bond donors (Lipinski definition) is 3. The third-order valence-electron chi connectivity index (χ3n) is 7.37. The Hall–Kier alpha value is -3.08. The minimum atomic E-state index is -2.05. The van der Waals surface area contributed by atoms with Gasteiger partial charge in [0.15, 0.2) is 6.29 Å². The monoisotopic (exact) mass is 685 g/mol. The van der Waals surface area contributed by atoms with Crippen LogP contribution < -0.4 is 5.32 Å². The molecule has 0 spiro atoms. The van der Waals surface area contributed by atoms with Crippen molar-refractivity contribution >= 4 is 58.4 Å².